The number of nitrogens with zero attached hydrogens (tertiary/aromatic N) is 2. The van der Waals surface area contributed by atoms with Gasteiger partial charge in [-0.3, -0.25) is 19.3 Å². The number of carbonyl (C=O) groups is 5. The molecule has 1 fully saturated rings. The number of ether oxygens (including phenoxy) is 2. The Morgan fingerprint density at radius 1 is 1.17 bits per heavy atom. The minimum atomic E-state index is -1.67. The lowest BCUT2D eigenvalue weighted by Crippen LogP contribution is -2.69. The number of anilines is 2. The molecule has 1 N–H and O–H groups in total. The summed E-state index contributed by atoms with van der Waals surface area (Å²) in [4.78, 5) is 67.3. The first-order valence-corrected chi connectivity index (χ1v) is 12.0. The van der Waals surface area contributed by atoms with Crippen molar-refractivity contribution in [2.24, 2.45) is 5.92 Å². The van der Waals surface area contributed by atoms with Gasteiger partial charge >= 0.3 is 11.9 Å². The van der Waals surface area contributed by atoms with Gasteiger partial charge in [0, 0.05) is 19.4 Å². The Labute approximate surface area is 205 Å². The molecule has 0 saturated carbocycles. The molecule has 1 aromatic carbocycles. The monoisotopic (exact) mass is 499 g/mol. The van der Waals surface area contributed by atoms with E-state index in [-0.39, 0.29) is 47.7 Å². The van der Waals surface area contributed by atoms with E-state index in [1.165, 1.54) is 23.0 Å². The van der Waals surface area contributed by atoms with Crippen molar-refractivity contribution in [3.8, 4) is 0 Å². The van der Waals surface area contributed by atoms with Crippen LogP contribution in [0.25, 0.3) is 0 Å². The molecule has 1 atom stereocenters. The second-order valence-electron chi connectivity index (χ2n) is 8.65. The van der Waals surface area contributed by atoms with Gasteiger partial charge in [0.2, 0.25) is 11.6 Å². The fraction of sp³-hybridized carbons (Fsp3) is 0.375. The van der Waals surface area contributed by atoms with E-state index in [4.69, 9.17) is 9.47 Å². The number of benzene rings is 1. The molecule has 0 bridgehead atoms. The van der Waals surface area contributed by atoms with Crippen LogP contribution >= 0.6 is 11.3 Å². The summed E-state index contributed by atoms with van der Waals surface area (Å²) in [7, 11) is 1.23. The molecule has 1 saturated heterocycles. The summed E-state index contributed by atoms with van der Waals surface area (Å²) in [5, 5.41) is 4.15. The number of nitrogens with one attached hydrogen (secondary N) is 1. The molecule has 1 unspecified atom stereocenters. The Morgan fingerprint density at radius 2 is 1.91 bits per heavy atom. The van der Waals surface area contributed by atoms with Crippen molar-refractivity contribution < 1.29 is 33.4 Å². The highest BCUT2D eigenvalue weighted by Gasteiger charge is 2.62. The molecular formula is C24H25N3O7S. The van der Waals surface area contributed by atoms with Crippen LogP contribution in [0.4, 0.5) is 11.4 Å². The number of carbonyl (C=O) groups excluding carboxylic acids is 5. The first kappa shape index (κ1) is 24.4. The summed E-state index contributed by atoms with van der Waals surface area (Å²) in [6, 6.07) is 8.18. The number of thiophene rings is 1. The topological polar surface area (TPSA) is 122 Å². The van der Waals surface area contributed by atoms with Crippen molar-refractivity contribution in [3.63, 3.8) is 0 Å². The zero-order valence-corrected chi connectivity index (χ0v) is 20.3. The molecule has 0 radical (unpaired) electrons. The first-order valence-electron chi connectivity index (χ1n) is 11.1. The molecule has 0 spiro atoms. The van der Waals surface area contributed by atoms with Crippen LogP contribution in [0.1, 0.15) is 46.7 Å². The lowest BCUT2D eigenvalue weighted by atomic mass is 9.95. The van der Waals surface area contributed by atoms with Crippen LogP contribution in [0, 0.1) is 5.92 Å². The second-order valence-corrected chi connectivity index (χ2v) is 9.57. The summed E-state index contributed by atoms with van der Waals surface area (Å²) in [6.07, 6.45) is 0.102. The molecule has 0 aliphatic carbocycles. The van der Waals surface area contributed by atoms with Crippen LogP contribution in [0.15, 0.2) is 35.7 Å². The van der Waals surface area contributed by atoms with Gasteiger partial charge in [-0.1, -0.05) is 26.0 Å². The molecule has 2 aromatic rings. The molecule has 35 heavy (non-hydrogen) atoms. The van der Waals surface area contributed by atoms with Gasteiger partial charge in [-0.2, -0.15) is 0 Å². The molecule has 2 aliphatic heterocycles. The third kappa shape index (κ3) is 4.16. The molecule has 184 valence electrons. The highest BCUT2D eigenvalue weighted by atomic mass is 32.1. The molecule has 4 rings (SSSR count). The molecule has 11 heteroatoms. The highest BCUT2D eigenvalue weighted by Crippen LogP contribution is 2.45. The minimum Gasteiger partial charge on any atom is -0.465 e. The van der Waals surface area contributed by atoms with Gasteiger partial charge in [-0.25, -0.2) is 9.59 Å². The quantitative estimate of drug-likeness (QED) is 0.581. The summed E-state index contributed by atoms with van der Waals surface area (Å²) in [6.45, 7) is 3.36. The van der Waals surface area contributed by atoms with Crippen molar-refractivity contribution in [3.05, 3.63) is 46.2 Å². The Kier molecular flexibility index (Phi) is 6.62. The predicted molar refractivity (Wildman–Crippen MR) is 127 cm³/mol. The van der Waals surface area contributed by atoms with Gasteiger partial charge in [-0.15, -0.1) is 11.3 Å². The number of rotatable bonds is 7. The lowest BCUT2D eigenvalue weighted by molar-refractivity contribution is -0.159. The molecular weight excluding hydrogens is 474 g/mol. The molecule has 3 heterocycles. The highest BCUT2D eigenvalue weighted by molar-refractivity contribution is 7.12. The van der Waals surface area contributed by atoms with Gasteiger partial charge in [0.15, 0.2) is 6.61 Å². The molecule has 3 amide bonds. The fourth-order valence-corrected chi connectivity index (χ4v) is 5.22. The van der Waals surface area contributed by atoms with E-state index in [9.17, 15) is 24.0 Å². The van der Waals surface area contributed by atoms with E-state index in [2.05, 4.69) is 5.32 Å². The standard InChI is InChI=1S/C24H25N3O7S/c1-14(2)12-26-21(30)15-6-4-5-7-17(15)27-19(29)8-10-24(26,27)23(32)34-13-18(28)25-16-9-11-35-20(16)22(31)33-3/h4-7,9,11,14H,8,10,12-13H2,1-3H3,(H,25,28). The van der Waals surface area contributed by atoms with Gasteiger partial charge in [-0.05, 0) is 29.5 Å². The zero-order chi connectivity index (χ0) is 25.3. The number of fused-ring (bicyclic) bond motifs is 3. The van der Waals surface area contributed by atoms with Crippen molar-refractivity contribution >= 4 is 52.4 Å². The number of hydrogen-bond donors (Lipinski definition) is 1. The van der Waals surface area contributed by atoms with E-state index in [0.29, 0.717) is 11.3 Å². The first-order chi connectivity index (χ1) is 16.7. The van der Waals surface area contributed by atoms with E-state index >= 15 is 0 Å². The maximum absolute atomic E-state index is 13.6. The van der Waals surface area contributed by atoms with Crippen LogP contribution in [0.3, 0.4) is 0 Å². The average Bonchev–Trinajstić information content (AvgIpc) is 3.44. The van der Waals surface area contributed by atoms with Crippen molar-refractivity contribution in [2.75, 3.05) is 30.5 Å². The third-order valence-corrected chi connectivity index (χ3v) is 6.79. The SMILES string of the molecule is COC(=O)c1sccc1NC(=O)COC(=O)C12CCC(=O)N1c1ccccc1C(=O)N2CC(C)C. The summed E-state index contributed by atoms with van der Waals surface area (Å²) in [5.41, 5.74) is -0.756. The zero-order valence-electron chi connectivity index (χ0n) is 19.5. The van der Waals surface area contributed by atoms with Gasteiger partial charge in [0.25, 0.3) is 11.8 Å². The van der Waals surface area contributed by atoms with Crippen molar-refractivity contribution in [1.29, 1.82) is 0 Å². The minimum absolute atomic E-state index is 0.00470. The van der Waals surface area contributed by atoms with E-state index < -0.39 is 30.1 Å². The number of para-hydroxylation sites is 1. The summed E-state index contributed by atoms with van der Waals surface area (Å²) in [5.74, 6) is -2.81. The Bertz CT molecular complexity index is 1210. The van der Waals surface area contributed by atoms with Crippen LogP contribution < -0.4 is 10.2 Å². The number of methoxy groups -OCH3 is 1. The largest absolute Gasteiger partial charge is 0.465 e. The summed E-state index contributed by atoms with van der Waals surface area (Å²) >= 11 is 1.10. The average molecular weight is 500 g/mol. The maximum atomic E-state index is 13.6. The van der Waals surface area contributed by atoms with Crippen molar-refractivity contribution in [1.82, 2.24) is 4.90 Å². The van der Waals surface area contributed by atoms with Crippen LogP contribution in [-0.2, 0) is 23.9 Å². The van der Waals surface area contributed by atoms with Gasteiger partial charge in [0.1, 0.15) is 4.88 Å². The Morgan fingerprint density at radius 3 is 2.63 bits per heavy atom. The predicted octanol–water partition coefficient (Wildman–Crippen LogP) is 2.65. The number of esters is 2. The smallest absolute Gasteiger partial charge is 0.354 e. The summed E-state index contributed by atoms with van der Waals surface area (Å²) < 4.78 is 10.1. The second kappa shape index (κ2) is 9.49. The Balaban J connectivity index is 1.60. The maximum Gasteiger partial charge on any atom is 0.354 e. The van der Waals surface area contributed by atoms with E-state index in [1.807, 2.05) is 13.8 Å². The molecule has 1 aromatic heterocycles. The Hall–Kier alpha value is -3.73. The van der Waals surface area contributed by atoms with E-state index in [1.54, 1.807) is 29.6 Å². The van der Waals surface area contributed by atoms with Crippen LogP contribution in [0.5, 0.6) is 0 Å². The van der Waals surface area contributed by atoms with Crippen LogP contribution in [0.2, 0.25) is 0 Å². The van der Waals surface area contributed by atoms with Gasteiger partial charge in [0.05, 0.1) is 24.0 Å². The fourth-order valence-electron chi connectivity index (χ4n) is 4.46. The van der Waals surface area contributed by atoms with Gasteiger partial charge < -0.3 is 19.7 Å². The molecule has 10 nitrogen and oxygen atoms in total. The number of hydrogen-bond acceptors (Lipinski definition) is 8. The third-order valence-electron chi connectivity index (χ3n) is 5.89. The van der Waals surface area contributed by atoms with Crippen molar-refractivity contribution in [2.45, 2.75) is 32.4 Å². The van der Waals surface area contributed by atoms with Crippen LogP contribution in [-0.4, -0.2) is 60.5 Å². The molecule has 2 aliphatic rings. The normalized spacial score (nSPS) is 18.9. The number of amides is 3. The van der Waals surface area contributed by atoms with E-state index in [0.717, 1.165) is 11.3 Å². The lowest BCUT2D eigenvalue weighted by Gasteiger charge is -2.48.